The molecule has 1 N–H and O–H groups in total. The van der Waals surface area contributed by atoms with Crippen LogP contribution in [-0.2, 0) is 6.42 Å². The highest BCUT2D eigenvalue weighted by atomic mass is 16.1. The molecule has 4 heterocycles. The Morgan fingerprint density at radius 1 is 1.08 bits per heavy atom. The number of benzene rings is 1. The number of hydrogen-bond donors (Lipinski definition) is 1. The van der Waals surface area contributed by atoms with Gasteiger partial charge >= 0.3 is 0 Å². The highest BCUT2D eigenvalue weighted by Gasteiger charge is 2.24. The van der Waals surface area contributed by atoms with Gasteiger partial charge in [-0.15, -0.1) is 5.10 Å². The molecule has 3 aromatic heterocycles. The van der Waals surface area contributed by atoms with Gasteiger partial charge in [0, 0.05) is 42.3 Å². The predicted octanol–water partition coefficient (Wildman–Crippen LogP) is 3.97. The van der Waals surface area contributed by atoms with Gasteiger partial charge in [0.25, 0.3) is 0 Å². The third-order valence-corrected chi connectivity index (χ3v) is 6.72. The number of hydrogen-bond acceptors (Lipinski definition) is 9. The number of Topliss-reactive ketones (excluding diaryl/α,β-unsaturated/α-hetero) is 1. The van der Waals surface area contributed by atoms with Crippen molar-refractivity contribution >= 4 is 22.5 Å². The van der Waals surface area contributed by atoms with Crippen LogP contribution in [0.3, 0.4) is 0 Å². The molecule has 0 spiro atoms. The molecule has 1 aliphatic heterocycles. The van der Waals surface area contributed by atoms with Crippen molar-refractivity contribution in [2.24, 2.45) is 0 Å². The SMILES string of the molecule is CC(C)Nc1cncc(-c2ccc3cnc(CC(=O)c4cn(C5CCN(C(C)C)CC5)nn4)nc3c2)n1. The molecule has 10 nitrogen and oxygen atoms in total. The molecular weight excluding hydrogens is 466 g/mol. The molecule has 0 amide bonds. The first-order valence-electron chi connectivity index (χ1n) is 12.9. The van der Waals surface area contributed by atoms with Crippen molar-refractivity contribution in [3.05, 3.63) is 54.5 Å². The minimum atomic E-state index is -0.139. The zero-order chi connectivity index (χ0) is 25.9. The van der Waals surface area contributed by atoms with Crippen LogP contribution in [0.4, 0.5) is 5.82 Å². The van der Waals surface area contributed by atoms with Gasteiger partial charge in [-0.05, 0) is 46.6 Å². The van der Waals surface area contributed by atoms with Crippen LogP contribution >= 0.6 is 0 Å². The summed E-state index contributed by atoms with van der Waals surface area (Å²) in [4.78, 5) is 33.5. The number of anilines is 1. The second-order valence-corrected chi connectivity index (χ2v) is 10.2. The zero-order valence-corrected chi connectivity index (χ0v) is 21.8. The topological polar surface area (TPSA) is 115 Å². The van der Waals surface area contributed by atoms with E-state index in [1.165, 1.54) is 0 Å². The van der Waals surface area contributed by atoms with Gasteiger partial charge in [-0.3, -0.25) is 9.78 Å². The summed E-state index contributed by atoms with van der Waals surface area (Å²) in [5.74, 6) is 1.04. The van der Waals surface area contributed by atoms with Crippen LogP contribution in [0.15, 0.2) is 43.0 Å². The molecule has 192 valence electrons. The van der Waals surface area contributed by atoms with Crippen molar-refractivity contribution in [3.63, 3.8) is 0 Å². The van der Waals surface area contributed by atoms with Crippen LogP contribution in [0, 0.1) is 0 Å². The Hall–Kier alpha value is -3.79. The number of ketones is 1. The molecular formula is C27H33N9O. The summed E-state index contributed by atoms with van der Waals surface area (Å²) < 4.78 is 1.85. The third-order valence-electron chi connectivity index (χ3n) is 6.72. The van der Waals surface area contributed by atoms with E-state index in [0.29, 0.717) is 17.6 Å². The molecule has 0 saturated carbocycles. The largest absolute Gasteiger partial charge is 0.367 e. The van der Waals surface area contributed by atoms with Crippen LogP contribution in [0.2, 0.25) is 0 Å². The lowest BCUT2D eigenvalue weighted by Crippen LogP contribution is -2.39. The van der Waals surface area contributed by atoms with Crippen molar-refractivity contribution in [2.45, 2.75) is 65.1 Å². The molecule has 37 heavy (non-hydrogen) atoms. The van der Waals surface area contributed by atoms with Crippen LogP contribution in [0.5, 0.6) is 0 Å². The highest BCUT2D eigenvalue weighted by Crippen LogP contribution is 2.24. The number of carbonyl (C=O) groups excluding carboxylic acids is 1. The number of carbonyl (C=O) groups is 1. The van der Waals surface area contributed by atoms with E-state index in [1.54, 1.807) is 24.8 Å². The van der Waals surface area contributed by atoms with E-state index < -0.39 is 0 Å². The maximum Gasteiger partial charge on any atom is 0.192 e. The van der Waals surface area contributed by atoms with E-state index in [2.05, 4.69) is 68.2 Å². The van der Waals surface area contributed by atoms with Gasteiger partial charge in [-0.2, -0.15) is 0 Å². The average molecular weight is 500 g/mol. The number of piperidine rings is 1. The Morgan fingerprint density at radius 3 is 2.65 bits per heavy atom. The van der Waals surface area contributed by atoms with Gasteiger partial charge < -0.3 is 10.2 Å². The number of fused-ring (bicyclic) bond motifs is 1. The first-order chi connectivity index (χ1) is 17.9. The van der Waals surface area contributed by atoms with E-state index in [1.807, 2.05) is 22.9 Å². The predicted molar refractivity (Wildman–Crippen MR) is 142 cm³/mol. The van der Waals surface area contributed by atoms with E-state index >= 15 is 0 Å². The minimum Gasteiger partial charge on any atom is -0.367 e. The molecule has 0 unspecified atom stereocenters. The summed E-state index contributed by atoms with van der Waals surface area (Å²) >= 11 is 0. The smallest absolute Gasteiger partial charge is 0.192 e. The Bertz CT molecular complexity index is 1390. The van der Waals surface area contributed by atoms with Gasteiger partial charge in [0.2, 0.25) is 0 Å². The first kappa shape index (κ1) is 24.9. The number of rotatable bonds is 8. The highest BCUT2D eigenvalue weighted by molar-refractivity contribution is 5.95. The second kappa shape index (κ2) is 10.7. The fourth-order valence-electron chi connectivity index (χ4n) is 4.66. The van der Waals surface area contributed by atoms with Crippen molar-refractivity contribution in [1.29, 1.82) is 0 Å². The number of aromatic nitrogens is 7. The fraction of sp³-hybridized carbons (Fsp3) is 0.444. The number of nitrogens with one attached hydrogen (secondary N) is 1. The molecule has 1 aliphatic rings. The van der Waals surface area contributed by atoms with E-state index in [4.69, 9.17) is 0 Å². The van der Waals surface area contributed by atoms with E-state index in [-0.39, 0.29) is 24.3 Å². The molecule has 0 bridgehead atoms. The molecule has 1 aromatic carbocycles. The van der Waals surface area contributed by atoms with E-state index in [9.17, 15) is 4.79 Å². The normalized spacial score (nSPS) is 15.1. The van der Waals surface area contributed by atoms with Crippen molar-refractivity contribution in [2.75, 3.05) is 18.4 Å². The summed E-state index contributed by atoms with van der Waals surface area (Å²) in [6.07, 6.45) is 9.04. The maximum absolute atomic E-state index is 13.0. The Morgan fingerprint density at radius 2 is 1.89 bits per heavy atom. The summed E-state index contributed by atoms with van der Waals surface area (Å²) in [6.45, 7) is 10.6. The van der Waals surface area contributed by atoms with E-state index in [0.717, 1.165) is 53.9 Å². The number of likely N-dealkylation sites (tertiary alicyclic amines) is 1. The van der Waals surface area contributed by atoms with Crippen molar-refractivity contribution < 1.29 is 4.79 Å². The average Bonchev–Trinajstić information content (AvgIpc) is 3.39. The van der Waals surface area contributed by atoms with Crippen molar-refractivity contribution in [1.82, 2.24) is 39.8 Å². The fourth-order valence-corrected chi connectivity index (χ4v) is 4.66. The lowest BCUT2D eigenvalue weighted by molar-refractivity contribution is 0.0986. The van der Waals surface area contributed by atoms with Gasteiger partial charge in [0.15, 0.2) is 5.78 Å². The van der Waals surface area contributed by atoms with Gasteiger partial charge in [-0.25, -0.2) is 19.6 Å². The van der Waals surface area contributed by atoms with Gasteiger partial charge in [0.05, 0.1) is 42.3 Å². The lowest BCUT2D eigenvalue weighted by Gasteiger charge is -2.34. The molecule has 0 radical (unpaired) electrons. The molecule has 0 aliphatic carbocycles. The number of nitrogens with zero attached hydrogens (tertiary/aromatic N) is 8. The summed E-state index contributed by atoms with van der Waals surface area (Å²) in [5, 5.41) is 12.6. The monoisotopic (exact) mass is 499 g/mol. The molecule has 0 atom stereocenters. The second-order valence-electron chi connectivity index (χ2n) is 10.2. The molecule has 1 saturated heterocycles. The summed E-state index contributed by atoms with van der Waals surface area (Å²) in [6, 6.07) is 6.96. The van der Waals surface area contributed by atoms with Gasteiger partial charge in [0.1, 0.15) is 17.3 Å². The van der Waals surface area contributed by atoms with Gasteiger partial charge in [-0.1, -0.05) is 17.3 Å². The molecule has 10 heteroatoms. The standard InChI is InChI=1S/C27H33N9O/c1-17(2)30-27-15-28-14-23(32-27)19-5-6-20-13-29-26(31-22(20)11-19)12-25(37)24-16-36(34-33-24)21-7-9-35(10-8-21)18(3)4/h5-6,11,13-18,21H,7-10,12H2,1-4H3,(H,30,32). The lowest BCUT2D eigenvalue weighted by atomic mass is 10.0. The first-order valence-corrected chi connectivity index (χ1v) is 12.9. The van der Waals surface area contributed by atoms with Crippen LogP contribution < -0.4 is 5.32 Å². The molecule has 4 aromatic rings. The Kier molecular flexibility index (Phi) is 7.18. The Balaban J connectivity index is 1.29. The maximum atomic E-state index is 13.0. The van der Waals surface area contributed by atoms with Crippen molar-refractivity contribution in [3.8, 4) is 11.3 Å². The zero-order valence-electron chi connectivity index (χ0n) is 21.8. The third kappa shape index (κ3) is 5.80. The summed E-state index contributed by atoms with van der Waals surface area (Å²) in [7, 11) is 0. The molecule has 5 rings (SSSR count). The van der Waals surface area contributed by atoms with Crippen LogP contribution in [0.1, 0.15) is 62.9 Å². The van der Waals surface area contributed by atoms with Crippen LogP contribution in [0.25, 0.3) is 22.2 Å². The Labute approximate surface area is 216 Å². The quantitative estimate of drug-likeness (QED) is 0.360. The summed E-state index contributed by atoms with van der Waals surface area (Å²) in [5.41, 5.74) is 2.75. The molecule has 1 fully saturated rings. The minimum absolute atomic E-state index is 0.0677. The van der Waals surface area contributed by atoms with Crippen LogP contribution in [-0.4, -0.2) is 70.8 Å².